The molecule has 0 aliphatic heterocycles. The first-order chi connectivity index (χ1) is 31.1. The van der Waals surface area contributed by atoms with Crippen LogP contribution in [-0.2, 0) is 0 Å². The van der Waals surface area contributed by atoms with Gasteiger partial charge in [0.25, 0.3) is 0 Å². The third-order valence-electron chi connectivity index (χ3n) is 18.6. The van der Waals surface area contributed by atoms with E-state index in [1.165, 1.54) is 295 Å². The van der Waals surface area contributed by atoms with Crippen LogP contribution in [0.3, 0.4) is 0 Å². The molecule has 1 nitrogen and oxygen atoms in total. The highest BCUT2D eigenvalue weighted by atomic mass is 14.9. The van der Waals surface area contributed by atoms with Gasteiger partial charge in [-0.1, -0.05) is 305 Å². The molecular formula is C62H121N. The monoisotopic (exact) mass is 880 g/mol. The van der Waals surface area contributed by atoms with Crippen molar-refractivity contribution in [2.24, 2.45) is 53.3 Å². The van der Waals surface area contributed by atoms with E-state index in [-0.39, 0.29) is 0 Å². The molecular weight excluding hydrogens is 759 g/mol. The smallest absolute Gasteiger partial charge is 0.0101 e. The fourth-order valence-electron chi connectivity index (χ4n) is 14.3. The lowest BCUT2D eigenvalue weighted by molar-refractivity contribution is 0.0520. The quantitative estimate of drug-likeness (QED) is 0.0772. The maximum Gasteiger partial charge on any atom is 0.0101 e. The zero-order valence-corrected chi connectivity index (χ0v) is 44.8. The third kappa shape index (κ3) is 25.2. The van der Waals surface area contributed by atoms with Gasteiger partial charge < -0.3 is 5.32 Å². The summed E-state index contributed by atoms with van der Waals surface area (Å²) in [5.41, 5.74) is 0. The zero-order valence-electron chi connectivity index (χ0n) is 44.8. The summed E-state index contributed by atoms with van der Waals surface area (Å²) in [6.07, 6.45) is 66.7. The Kier molecular flexibility index (Phi) is 35.3. The van der Waals surface area contributed by atoms with Gasteiger partial charge in [0.15, 0.2) is 0 Å². The molecule has 0 saturated heterocycles. The lowest BCUT2D eigenvalue weighted by Crippen LogP contribution is -2.48. The molecule has 3 saturated carbocycles. The fourth-order valence-corrected chi connectivity index (χ4v) is 14.3. The largest absolute Gasteiger partial charge is 0.313 e. The van der Waals surface area contributed by atoms with E-state index in [0.717, 1.165) is 53.3 Å². The molecule has 0 aromatic carbocycles. The maximum absolute atomic E-state index is 4.74. The van der Waals surface area contributed by atoms with Crippen LogP contribution in [0, 0.1) is 53.3 Å². The minimum Gasteiger partial charge on any atom is -0.313 e. The molecule has 3 rings (SSSR count). The van der Waals surface area contributed by atoms with Crippen LogP contribution in [0.15, 0.2) is 0 Å². The molecule has 1 N–H and O–H groups in total. The van der Waals surface area contributed by atoms with E-state index in [1.54, 1.807) is 0 Å². The fraction of sp³-hybridized carbons (Fsp3) is 1.00. The highest BCUT2D eigenvalue weighted by molar-refractivity contribution is 4.93. The van der Waals surface area contributed by atoms with E-state index < -0.39 is 0 Å². The van der Waals surface area contributed by atoms with Crippen molar-refractivity contribution in [2.75, 3.05) is 6.54 Å². The number of hydrogen-bond acceptors (Lipinski definition) is 1. The molecule has 7 atom stereocenters. The van der Waals surface area contributed by atoms with Gasteiger partial charge in [0.1, 0.15) is 0 Å². The Morgan fingerprint density at radius 3 is 1.46 bits per heavy atom. The van der Waals surface area contributed by atoms with Crippen LogP contribution < -0.4 is 5.32 Å². The second kappa shape index (κ2) is 38.9. The van der Waals surface area contributed by atoms with E-state index in [0.29, 0.717) is 6.04 Å². The molecule has 0 heterocycles. The van der Waals surface area contributed by atoms with E-state index in [4.69, 9.17) is 5.32 Å². The van der Waals surface area contributed by atoms with Crippen molar-refractivity contribution in [2.45, 2.75) is 337 Å². The molecule has 0 amide bonds. The third-order valence-corrected chi connectivity index (χ3v) is 18.6. The summed E-state index contributed by atoms with van der Waals surface area (Å²) in [6, 6.07) is 0.711. The van der Waals surface area contributed by atoms with Gasteiger partial charge in [-0.2, -0.15) is 0 Å². The standard InChI is InChI=1S/C62H121N/c1-7-12-16-32-41-56(42-33-17-13-8-2)53(6)62-60(59-45-34-27-23-18-19-24-28-35-46-59)47-37-36-44-58(57(40-15-10-4)43-29-14-9-3)50-51-61(62)63-52-54(11-5)48-49-55-38-30-25-21-20-22-26-31-39-55/h53-63H,7-52H2,1-6H3. The van der Waals surface area contributed by atoms with Crippen molar-refractivity contribution in [1.82, 2.24) is 5.32 Å². The van der Waals surface area contributed by atoms with Crippen molar-refractivity contribution in [1.29, 1.82) is 0 Å². The van der Waals surface area contributed by atoms with E-state index in [9.17, 15) is 0 Å². The van der Waals surface area contributed by atoms with E-state index in [2.05, 4.69) is 41.5 Å². The molecule has 0 radical (unpaired) electrons. The number of nitrogens with one attached hydrogen (secondary N) is 1. The molecule has 0 spiro atoms. The van der Waals surface area contributed by atoms with Gasteiger partial charge >= 0.3 is 0 Å². The van der Waals surface area contributed by atoms with Gasteiger partial charge in [0, 0.05) is 6.04 Å². The van der Waals surface area contributed by atoms with E-state index >= 15 is 0 Å². The first-order valence-electron chi connectivity index (χ1n) is 30.8. The maximum atomic E-state index is 4.74. The molecule has 63 heavy (non-hydrogen) atoms. The Balaban J connectivity index is 2.03. The predicted octanol–water partition coefficient (Wildman–Crippen LogP) is 21.2. The Bertz CT molecular complexity index is 938. The number of rotatable bonds is 28. The minimum atomic E-state index is 0.711. The van der Waals surface area contributed by atoms with Crippen LogP contribution >= 0.6 is 0 Å². The van der Waals surface area contributed by atoms with E-state index in [1.807, 2.05) is 0 Å². The summed E-state index contributed by atoms with van der Waals surface area (Å²) in [4.78, 5) is 0. The molecule has 7 unspecified atom stereocenters. The number of hydrogen-bond donors (Lipinski definition) is 1. The summed E-state index contributed by atoms with van der Waals surface area (Å²) in [5, 5.41) is 4.74. The summed E-state index contributed by atoms with van der Waals surface area (Å²) in [6.45, 7) is 16.5. The Morgan fingerprint density at radius 2 is 0.905 bits per heavy atom. The van der Waals surface area contributed by atoms with Gasteiger partial charge in [-0.25, -0.2) is 0 Å². The van der Waals surface area contributed by atoms with Crippen LogP contribution in [0.4, 0.5) is 0 Å². The molecule has 3 aliphatic carbocycles. The minimum absolute atomic E-state index is 0.711. The van der Waals surface area contributed by atoms with Gasteiger partial charge in [-0.15, -0.1) is 0 Å². The normalized spacial score (nSPS) is 25.6. The summed E-state index contributed by atoms with van der Waals surface area (Å²) in [7, 11) is 0. The zero-order chi connectivity index (χ0) is 45.0. The summed E-state index contributed by atoms with van der Waals surface area (Å²) >= 11 is 0. The van der Waals surface area contributed by atoms with Gasteiger partial charge in [-0.3, -0.25) is 0 Å². The lowest BCUT2D eigenvalue weighted by Gasteiger charge is -2.46. The van der Waals surface area contributed by atoms with Gasteiger partial charge in [-0.05, 0) is 85.5 Å². The van der Waals surface area contributed by atoms with Crippen LogP contribution in [-0.4, -0.2) is 12.6 Å². The lowest BCUT2D eigenvalue weighted by atomic mass is 9.62. The second-order valence-corrected chi connectivity index (χ2v) is 23.5. The average Bonchev–Trinajstić information content (AvgIpc) is 3.36. The highest BCUT2D eigenvalue weighted by Crippen LogP contribution is 2.47. The van der Waals surface area contributed by atoms with Crippen molar-refractivity contribution in [3.05, 3.63) is 0 Å². The average molecular weight is 881 g/mol. The van der Waals surface area contributed by atoms with Crippen molar-refractivity contribution < 1.29 is 0 Å². The Hall–Kier alpha value is -0.0400. The predicted molar refractivity (Wildman–Crippen MR) is 285 cm³/mol. The van der Waals surface area contributed by atoms with Crippen LogP contribution in [0.5, 0.6) is 0 Å². The molecule has 374 valence electrons. The highest BCUT2D eigenvalue weighted by Gasteiger charge is 2.41. The van der Waals surface area contributed by atoms with Gasteiger partial charge in [0.2, 0.25) is 0 Å². The molecule has 3 fully saturated rings. The summed E-state index contributed by atoms with van der Waals surface area (Å²) in [5.74, 6) is 8.26. The van der Waals surface area contributed by atoms with Gasteiger partial charge in [0.05, 0.1) is 0 Å². The molecule has 0 aromatic rings. The van der Waals surface area contributed by atoms with Crippen LogP contribution in [0.1, 0.15) is 330 Å². The second-order valence-electron chi connectivity index (χ2n) is 23.5. The van der Waals surface area contributed by atoms with Crippen molar-refractivity contribution >= 4 is 0 Å². The van der Waals surface area contributed by atoms with Crippen molar-refractivity contribution in [3.63, 3.8) is 0 Å². The number of unbranched alkanes of at least 4 members (excludes halogenated alkanes) is 9. The SMILES string of the molecule is CCCCCCC(CCCCCC)C(C)C1C(NCC(CC)CCC2CCCCCCCCC2)CCC(C(CCCC)CCCCC)CCCCC1C1CCCCCCCCCC1. The van der Waals surface area contributed by atoms with Crippen LogP contribution in [0.25, 0.3) is 0 Å². The molecule has 0 bridgehead atoms. The Morgan fingerprint density at radius 1 is 0.429 bits per heavy atom. The first kappa shape index (κ1) is 57.3. The Labute approximate surface area is 400 Å². The first-order valence-corrected chi connectivity index (χ1v) is 30.8. The molecule has 3 aliphatic rings. The molecule has 1 heteroatoms. The van der Waals surface area contributed by atoms with Crippen LogP contribution in [0.2, 0.25) is 0 Å². The van der Waals surface area contributed by atoms with Crippen molar-refractivity contribution in [3.8, 4) is 0 Å². The topological polar surface area (TPSA) is 12.0 Å². The molecule has 0 aromatic heterocycles. The summed E-state index contributed by atoms with van der Waals surface area (Å²) < 4.78 is 0.